The number of unbranched alkanes of at least 4 members (excludes halogenated alkanes) is 16. The third-order valence-corrected chi connectivity index (χ3v) is 11.6. The van der Waals surface area contributed by atoms with Crippen LogP contribution in [0.15, 0.2) is 94.7 Å². The zero-order valence-corrected chi connectivity index (χ0v) is 38.8. The Bertz CT molecular complexity index is 1870. The van der Waals surface area contributed by atoms with Crippen molar-refractivity contribution in [3.8, 4) is 34.5 Å². The van der Waals surface area contributed by atoms with Gasteiger partial charge < -0.3 is 24.2 Å². The fourth-order valence-corrected chi connectivity index (χ4v) is 8.10. The minimum atomic E-state index is -4.91. The molecule has 4 rings (SSSR count). The number of ether oxygens (including phenoxy) is 2. The Labute approximate surface area is 383 Å². The number of aryl methyl sites for hydroxylation is 2. The summed E-state index contributed by atoms with van der Waals surface area (Å²) >= 11 is 0. The Morgan fingerprint density at radius 2 is 0.898 bits per heavy atom. The van der Waals surface area contributed by atoms with E-state index in [-0.39, 0.29) is 49.2 Å². The van der Waals surface area contributed by atoms with Crippen LogP contribution in [0.1, 0.15) is 141 Å². The zero-order valence-electron chi connectivity index (χ0n) is 34.9. The quantitative estimate of drug-likeness (QED) is 0.0351. The van der Waals surface area contributed by atoms with Crippen LogP contribution in [0.5, 0.6) is 34.5 Å². The van der Waals surface area contributed by atoms with Gasteiger partial charge in [0.05, 0.1) is 4.90 Å². The fourth-order valence-electron chi connectivity index (χ4n) is 6.73. The van der Waals surface area contributed by atoms with Gasteiger partial charge in [-0.25, -0.2) is 8.42 Å². The molecule has 4 aromatic rings. The zero-order chi connectivity index (χ0) is 42.2. The number of rotatable bonds is 26. The van der Waals surface area contributed by atoms with Gasteiger partial charge in [-0.15, -0.1) is 0 Å². The van der Waals surface area contributed by atoms with Gasteiger partial charge in [-0.05, 0) is 79.3 Å². The molecule has 0 saturated heterocycles. The first-order valence-electron chi connectivity index (χ1n) is 20.9. The third kappa shape index (κ3) is 20.5. The molecule has 0 bridgehead atoms. The van der Waals surface area contributed by atoms with Crippen LogP contribution in [0.3, 0.4) is 0 Å². The summed E-state index contributed by atoms with van der Waals surface area (Å²) in [5.41, 5.74) is 2.19. The topological polar surface area (TPSA) is 173 Å². The van der Waals surface area contributed by atoms with Crippen LogP contribution in [-0.2, 0) is 33.1 Å². The van der Waals surface area contributed by atoms with Crippen molar-refractivity contribution in [2.45, 2.75) is 152 Å². The van der Waals surface area contributed by atoms with Crippen LogP contribution in [0.4, 0.5) is 0 Å². The summed E-state index contributed by atoms with van der Waals surface area (Å²) in [6.07, 6.45) is 24.7. The predicted octanol–water partition coefficient (Wildman–Crippen LogP) is 11.7. The summed E-state index contributed by atoms with van der Waals surface area (Å²) in [6, 6.07) is 22.6. The Morgan fingerprint density at radius 1 is 0.525 bits per heavy atom. The van der Waals surface area contributed by atoms with Gasteiger partial charge in [-0.2, -0.15) is 8.42 Å². The average Bonchev–Trinajstić information content (AvgIpc) is 3.16. The number of phenolic OH excluding ortho intramolecular Hbond substituents is 1. The van der Waals surface area contributed by atoms with Gasteiger partial charge in [0.25, 0.3) is 0 Å². The van der Waals surface area contributed by atoms with E-state index in [0.29, 0.717) is 11.5 Å². The summed E-state index contributed by atoms with van der Waals surface area (Å²) in [7, 11) is -9.51. The molecule has 0 unspecified atom stereocenters. The maximum Gasteiger partial charge on any atom is 2.00 e. The smallest absolute Gasteiger partial charge is 0.872 e. The molecule has 0 fully saturated rings. The average molecular weight is 879 g/mol. The Balaban J connectivity index is 0.000000400. The molecule has 0 atom stereocenters. The minimum absolute atomic E-state index is 0. The van der Waals surface area contributed by atoms with Crippen molar-refractivity contribution < 1.29 is 45.6 Å². The van der Waals surface area contributed by atoms with Gasteiger partial charge >= 0.3 is 47.9 Å². The van der Waals surface area contributed by atoms with E-state index in [9.17, 15) is 36.2 Å². The predicted molar refractivity (Wildman–Crippen MR) is 232 cm³/mol. The molecule has 59 heavy (non-hydrogen) atoms. The summed E-state index contributed by atoms with van der Waals surface area (Å²) in [5.74, 6) is -0.859. The van der Waals surface area contributed by atoms with Crippen molar-refractivity contribution in [2.75, 3.05) is 0 Å². The van der Waals surface area contributed by atoms with Gasteiger partial charge in [-0.3, -0.25) is 4.55 Å². The molecule has 0 aromatic heterocycles. The van der Waals surface area contributed by atoms with Crippen LogP contribution >= 0.6 is 0 Å². The Morgan fingerprint density at radius 3 is 1.31 bits per heavy atom. The van der Waals surface area contributed by atoms with Crippen molar-refractivity contribution in [1.82, 2.24) is 0 Å². The molecule has 0 saturated carbocycles. The van der Waals surface area contributed by atoms with E-state index < -0.39 is 41.5 Å². The van der Waals surface area contributed by atoms with E-state index in [0.717, 1.165) is 42.9 Å². The first-order chi connectivity index (χ1) is 27.8. The number of hydrogen-bond donors (Lipinski definition) is 2. The molecule has 0 spiro atoms. The normalized spacial score (nSPS) is 11.3. The van der Waals surface area contributed by atoms with Crippen LogP contribution in [-0.4, -0.2) is 68.8 Å². The summed E-state index contributed by atoms with van der Waals surface area (Å²) in [5, 5.41) is 21.6. The van der Waals surface area contributed by atoms with Gasteiger partial charge in [0.1, 0.15) is 33.1 Å². The first-order valence-corrected chi connectivity index (χ1v) is 23.8. The molecule has 4 aromatic carbocycles. The van der Waals surface area contributed by atoms with Gasteiger partial charge in [0.2, 0.25) is 0 Å². The van der Waals surface area contributed by atoms with Crippen molar-refractivity contribution in [3.63, 3.8) is 0 Å². The van der Waals surface area contributed by atoms with Gasteiger partial charge in [0, 0.05) is 0 Å². The number of phenols is 1. The van der Waals surface area contributed by atoms with Gasteiger partial charge in [0.15, 0.2) is 10.6 Å². The van der Waals surface area contributed by atoms with Crippen LogP contribution in [0.25, 0.3) is 0 Å². The second-order valence-electron chi connectivity index (χ2n) is 14.8. The molecule has 320 valence electrons. The van der Waals surface area contributed by atoms with E-state index in [4.69, 9.17) is 9.47 Å². The molecule has 10 nitrogen and oxygen atoms in total. The standard InChI is InChI=1S/2C23H32O5S.Ca/c2*1-2-3-4-5-6-7-8-9-10-13-19-14-11-15-20(18-19)28-22-17-12-16-21(24)23(22)29(25,26)27;/h2*11-12,14-18,24H,2-10,13H2,1H3,(H,25,26,27);/q;;+2/p-2. The van der Waals surface area contributed by atoms with Crippen molar-refractivity contribution in [3.05, 3.63) is 96.1 Å². The maximum absolute atomic E-state index is 11.8. The molecule has 2 N–H and O–H groups in total. The molecule has 0 aliphatic rings. The Hall–Kier alpha value is -2.84. The van der Waals surface area contributed by atoms with Crippen molar-refractivity contribution in [2.24, 2.45) is 0 Å². The number of aromatic hydroxyl groups is 1. The fraction of sp³-hybridized carbons (Fsp3) is 0.478. The minimum Gasteiger partial charge on any atom is -0.872 e. The summed E-state index contributed by atoms with van der Waals surface area (Å²) in [6.45, 7) is 4.46. The molecule has 0 aliphatic carbocycles. The first kappa shape index (κ1) is 52.3. The Kier molecular flexibility index (Phi) is 25.4. The van der Waals surface area contributed by atoms with E-state index in [1.165, 1.54) is 133 Å². The number of benzene rings is 4. The SMILES string of the molecule is CCCCCCCCCCCc1cccc(Oc2cccc(O)c2S(=O)(=O)O)c1.CCCCCCCCCCCc1cccc(Oc2cccc([O-])c2S(=O)(=O)[O-])c1.[Ca+2]. The molecule has 0 amide bonds. The molecule has 0 aliphatic heterocycles. The van der Waals surface area contributed by atoms with Crippen molar-refractivity contribution in [1.29, 1.82) is 0 Å². The van der Waals surface area contributed by atoms with E-state index in [1.54, 1.807) is 12.1 Å². The van der Waals surface area contributed by atoms with E-state index in [2.05, 4.69) is 13.8 Å². The van der Waals surface area contributed by atoms with E-state index >= 15 is 0 Å². The second kappa shape index (κ2) is 28.6. The van der Waals surface area contributed by atoms with Crippen molar-refractivity contribution >= 4 is 58.0 Å². The van der Waals surface area contributed by atoms with Crippen LogP contribution in [0, 0.1) is 0 Å². The molecular formula is C46H62CaO10S2. The van der Waals surface area contributed by atoms with E-state index in [1.807, 2.05) is 36.4 Å². The summed E-state index contributed by atoms with van der Waals surface area (Å²) < 4.78 is 77.9. The largest absolute Gasteiger partial charge is 2.00 e. The molecule has 0 radical (unpaired) electrons. The van der Waals surface area contributed by atoms with Crippen LogP contribution < -0.4 is 14.6 Å². The maximum atomic E-state index is 11.8. The monoisotopic (exact) mass is 878 g/mol. The second-order valence-corrected chi connectivity index (χ2v) is 17.4. The van der Waals surface area contributed by atoms with Crippen LogP contribution in [0.2, 0.25) is 0 Å². The number of hydrogen-bond acceptors (Lipinski definition) is 9. The molecule has 13 heteroatoms. The third-order valence-electron chi connectivity index (χ3n) is 9.80. The summed E-state index contributed by atoms with van der Waals surface area (Å²) in [4.78, 5) is -1.46. The molecule has 0 heterocycles. The van der Waals surface area contributed by atoms with Gasteiger partial charge in [-0.1, -0.05) is 165 Å². The molecular weight excluding hydrogens is 817 g/mol.